The molecule has 21 heavy (non-hydrogen) atoms. The van der Waals surface area contributed by atoms with E-state index in [1.165, 1.54) is 6.07 Å². The normalized spacial score (nSPS) is 11.5. The van der Waals surface area contributed by atoms with Gasteiger partial charge in [-0.2, -0.15) is 13.2 Å². The van der Waals surface area contributed by atoms with E-state index >= 15 is 0 Å². The largest absolute Gasteiger partial charge is 0.417 e. The van der Waals surface area contributed by atoms with Crippen LogP contribution in [0.1, 0.15) is 27.2 Å². The molecule has 0 radical (unpaired) electrons. The molecule has 0 aliphatic carbocycles. The topological polar surface area (TPSA) is 55.1 Å². The Balaban J connectivity index is 2.38. The minimum absolute atomic E-state index is 0.0357. The first-order valence-electron chi connectivity index (χ1n) is 5.81. The van der Waals surface area contributed by atoms with Crippen molar-refractivity contribution in [1.29, 1.82) is 0 Å². The number of anilines is 1. The van der Waals surface area contributed by atoms with E-state index in [2.05, 4.69) is 26.4 Å². The molecule has 2 aromatic rings. The van der Waals surface area contributed by atoms with E-state index in [9.17, 15) is 18.0 Å². The molecular weight excluding hydrogens is 353 g/mol. The van der Waals surface area contributed by atoms with Crippen LogP contribution in [0.15, 0.2) is 27.2 Å². The number of hydrogen-bond donors (Lipinski definition) is 1. The third-order valence-electron chi connectivity index (χ3n) is 2.92. The van der Waals surface area contributed by atoms with Gasteiger partial charge in [0.15, 0.2) is 0 Å². The van der Waals surface area contributed by atoms with Gasteiger partial charge in [-0.05, 0) is 32.0 Å². The fraction of sp³-hybridized carbons (Fsp3) is 0.231. The van der Waals surface area contributed by atoms with Crippen LogP contribution in [0.5, 0.6) is 0 Å². The summed E-state index contributed by atoms with van der Waals surface area (Å²) in [6, 6.07) is 3.32. The molecule has 0 atom stereocenters. The zero-order chi connectivity index (χ0) is 15.8. The van der Waals surface area contributed by atoms with Crippen LogP contribution < -0.4 is 5.32 Å². The molecule has 0 saturated carbocycles. The van der Waals surface area contributed by atoms with Crippen LogP contribution in [-0.4, -0.2) is 11.1 Å². The molecule has 1 aromatic carbocycles. The van der Waals surface area contributed by atoms with Crippen LogP contribution in [-0.2, 0) is 6.18 Å². The number of amides is 1. The van der Waals surface area contributed by atoms with Crippen molar-refractivity contribution in [3.63, 3.8) is 0 Å². The van der Waals surface area contributed by atoms with Crippen molar-refractivity contribution >= 4 is 27.7 Å². The quantitative estimate of drug-likeness (QED) is 0.865. The highest BCUT2D eigenvalue weighted by Gasteiger charge is 2.35. The van der Waals surface area contributed by atoms with Gasteiger partial charge in [0.2, 0.25) is 5.88 Å². The lowest BCUT2D eigenvalue weighted by Gasteiger charge is -2.12. The average Bonchev–Trinajstić information content (AvgIpc) is 2.69. The molecule has 0 spiro atoms. The summed E-state index contributed by atoms with van der Waals surface area (Å²) >= 11 is 2.96. The van der Waals surface area contributed by atoms with Gasteiger partial charge in [-0.1, -0.05) is 21.1 Å². The van der Waals surface area contributed by atoms with Gasteiger partial charge < -0.3 is 4.52 Å². The number of hydrogen-bond acceptors (Lipinski definition) is 3. The molecule has 1 aromatic heterocycles. The summed E-state index contributed by atoms with van der Waals surface area (Å²) in [4.78, 5) is 12.0. The average molecular weight is 363 g/mol. The molecule has 0 bridgehead atoms. The Morgan fingerprint density at radius 3 is 2.52 bits per heavy atom. The van der Waals surface area contributed by atoms with E-state index in [0.29, 0.717) is 11.3 Å². The standard InChI is InChI=1S/C13H10BrF3N2O2/c1-6-7(2)19-21-12(6)18-11(20)9-4-3-8(14)5-10(9)13(15,16)17/h3-5H,1-2H3,(H,18,20). The Bertz CT molecular complexity index is 695. The van der Waals surface area contributed by atoms with E-state index in [0.717, 1.165) is 12.1 Å². The maximum atomic E-state index is 13.0. The van der Waals surface area contributed by atoms with Crippen molar-refractivity contribution in [2.75, 3.05) is 5.32 Å². The Morgan fingerprint density at radius 2 is 2.00 bits per heavy atom. The summed E-state index contributed by atoms with van der Waals surface area (Å²) in [6.07, 6.45) is -4.64. The van der Waals surface area contributed by atoms with Crippen LogP contribution in [0.2, 0.25) is 0 Å². The van der Waals surface area contributed by atoms with E-state index < -0.39 is 23.2 Å². The van der Waals surface area contributed by atoms with Crippen molar-refractivity contribution in [2.45, 2.75) is 20.0 Å². The molecule has 8 heteroatoms. The molecule has 4 nitrogen and oxygen atoms in total. The van der Waals surface area contributed by atoms with Crippen LogP contribution in [0, 0.1) is 13.8 Å². The van der Waals surface area contributed by atoms with E-state index in [1.54, 1.807) is 13.8 Å². The number of aryl methyl sites for hydroxylation is 1. The lowest BCUT2D eigenvalue weighted by Crippen LogP contribution is -2.18. The predicted molar refractivity (Wildman–Crippen MR) is 73.1 cm³/mol. The fourth-order valence-corrected chi connectivity index (χ4v) is 2.01. The van der Waals surface area contributed by atoms with Gasteiger partial charge >= 0.3 is 6.18 Å². The van der Waals surface area contributed by atoms with Gasteiger partial charge in [0, 0.05) is 10.0 Å². The second-order valence-electron chi connectivity index (χ2n) is 4.36. The summed E-state index contributed by atoms with van der Waals surface area (Å²) < 4.78 is 44.0. The first-order chi connectivity index (χ1) is 9.70. The fourth-order valence-electron chi connectivity index (χ4n) is 1.65. The predicted octanol–water partition coefficient (Wildman–Crippen LogP) is 4.33. The van der Waals surface area contributed by atoms with Crippen molar-refractivity contribution in [2.24, 2.45) is 0 Å². The van der Waals surface area contributed by atoms with Crippen LogP contribution >= 0.6 is 15.9 Å². The zero-order valence-corrected chi connectivity index (χ0v) is 12.6. The number of halogens is 4. The number of carbonyl (C=O) groups excluding carboxylic acids is 1. The van der Waals surface area contributed by atoms with Gasteiger partial charge in [-0.15, -0.1) is 0 Å². The van der Waals surface area contributed by atoms with Gasteiger partial charge in [0.25, 0.3) is 5.91 Å². The SMILES string of the molecule is Cc1noc(NC(=O)c2ccc(Br)cc2C(F)(F)F)c1C. The smallest absolute Gasteiger partial charge is 0.338 e. The maximum absolute atomic E-state index is 13.0. The molecule has 2 rings (SSSR count). The van der Waals surface area contributed by atoms with Gasteiger partial charge in [0.1, 0.15) is 0 Å². The third-order valence-corrected chi connectivity index (χ3v) is 3.41. The van der Waals surface area contributed by atoms with Crippen molar-refractivity contribution in [3.8, 4) is 0 Å². The number of carbonyl (C=O) groups is 1. The lowest BCUT2D eigenvalue weighted by molar-refractivity contribution is -0.137. The molecule has 1 heterocycles. The highest BCUT2D eigenvalue weighted by Crippen LogP contribution is 2.34. The highest BCUT2D eigenvalue weighted by molar-refractivity contribution is 9.10. The maximum Gasteiger partial charge on any atom is 0.417 e. The van der Waals surface area contributed by atoms with Gasteiger partial charge in [-0.3, -0.25) is 10.1 Å². The molecule has 112 valence electrons. The first-order valence-corrected chi connectivity index (χ1v) is 6.60. The number of nitrogens with one attached hydrogen (secondary N) is 1. The number of benzene rings is 1. The number of nitrogens with zero attached hydrogens (tertiary/aromatic N) is 1. The molecule has 0 unspecified atom stereocenters. The van der Waals surface area contributed by atoms with E-state index in [-0.39, 0.29) is 10.4 Å². The second-order valence-corrected chi connectivity index (χ2v) is 5.28. The minimum Gasteiger partial charge on any atom is -0.338 e. The summed E-state index contributed by atoms with van der Waals surface area (Å²) in [6.45, 7) is 3.31. The van der Waals surface area contributed by atoms with Crippen LogP contribution in [0.4, 0.5) is 19.1 Å². The Labute approximate surface area is 126 Å². The van der Waals surface area contributed by atoms with Gasteiger partial charge in [0.05, 0.1) is 16.8 Å². The Kier molecular flexibility index (Phi) is 4.08. The molecule has 0 aliphatic rings. The summed E-state index contributed by atoms with van der Waals surface area (Å²) in [5, 5.41) is 5.92. The van der Waals surface area contributed by atoms with Crippen molar-refractivity contribution < 1.29 is 22.5 Å². The third kappa shape index (κ3) is 3.26. The minimum atomic E-state index is -4.64. The van der Waals surface area contributed by atoms with E-state index in [4.69, 9.17) is 4.52 Å². The number of aromatic nitrogens is 1. The van der Waals surface area contributed by atoms with Crippen molar-refractivity contribution in [1.82, 2.24) is 5.16 Å². The molecule has 0 aliphatic heterocycles. The highest BCUT2D eigenvalue weighted by atomic mass is 79.9. The molecule has 1 amide bonds. The summed E-state index contributed by atoms with van der Waals surface area (Å²) in [7, 11) is 0. The molecule has 1 N–H and O–H groups in total. The Hall–Kier alpha value is -1.83. The molecule has 0 fully saturated rings. The van der Waals surface area contributed by atoms with E-state index in [1.807, 2.05) is 0 Å². The first kappa shape index (κ1) is 15.6. The van der Waals surface area contributed by atoms with Crippen LogP contribution in [0.3, 0.4) is 0 Å². The second kappa shape index (κ2) is 5.51. The zero-order valence-electron chi connectivity index (χ0n) is 11.0. The van der Waals surface area contributed by atoms with Crippen molar-refractivity contribution in [3.05, 3.63) is 45.1 Å². The number of alkyl halides is 3. The summed E-state index contributed by atoms with van der Waals surface area (Å²) in [5.74, 6) is -0.873. The lowest BCUT2D eigenvalue weighted by atomic mass is 10.1. The Morgan fingerprint density at radius 1 is 1.33 bits per heavy atom. The molecule has 0 saturated heterocycles. The molecular formula is C13H10BrF3N2O2. The van der Waals surface area contributed by atoms with Gasteiger partial charge in [-0.25, -0.2) is 0 Å². The van der Waals surface area contributed by atoms with Crippen LogP contribution in [0.25, 0.3) is 0 Å². The number of rotatable bonds is 2. The monoisotopic (exact) mass is 362 g/mol. The summed E-state index contributed by atoms with van der Waals surface area (Å²) in [5.41, 5.74) is -0.395.